The second-order valence-electron chi connectivity index (χ2n) is 5.27. The highest BCUT2D eigenvalue weighted by Gasteiger charge is 2.12. The standard InChI is InChI=1S/C18H14FN3O/c19-13-6-1-2-7-14(13)20-18-16-9-4-10-22(16)15-8-3-5-12(11-23)17(15)21-18/h1-10,23H,11H2,(H,20,21). The maximum absolute atomic E-state index is 13.9. The van der Waals surface area contributed by atoms with Gasteiger partial charge in [-0.1, -0.05) is 24.3 Å². The van der Waals surface area contributed by atoms with Crippen molar-refractivity contribution >= 4 is 28.1 Å². The van der Waals surface area contributed by atoms with Crippen LogP contribution < -0.4 is 5.32 Å². The zero-order valence-electron chi connectivity index (χ0n) is 12.2. The molecule has 2 heterocycles. The summed E-state index contributed by atoms with van der Waals surface area (Å²) in [5.41, 5.74) is 3.53. The molecule has 0 radical (unpaired) electrons. The Morgan fingerprint density at radius 1 is 1.00 bits per heavy atom. The third-order valence-corrected chi connectivity index (χ3v) is 3.87. The number of hydrogen-bond donors (Lipinski definition) is 2. The molecule has 0 atom stereocenters. The lowest BCUT2D eigenvalue weighted by Gasteiger charge is -2.12. The Bertz CT molecular complexity index is 1010. The van der Waals surface area contributed by atoms with Gasteiger partial charge in [0.05, 0.1) is 28.8 Å². The van der Waals surface area contributed by atoms with Gasteiger partial charge in [-0.3, -0.25) is 0 Å². The summed E-state index contributed by atoms with van der Waals surface area (Å²) in [5.74, 6) is 0.211. The molecule has 5 heteroatoms. The van der Waals surface area contributed by atoms with Gasteiger partial charge in [-0.15, -0.1) is 0 Å². The second kappa shape index (κ2) is 5.37. The van der Waals surface area contributed by atoms with E-state index in [-0.39, 0.29) is 12.4 Å². The fraction of sp³-hybridized carbons (Fsp3) is 0.0556. The number of hydrogen-bond acceptors (Lipinski definition) is 3. The molecule has 2 N–H and O–H groups in total. The van der Waals surface area contributed by atoms with Crippen LogP contribution in [-0.4, -0.2) is 14.5 Å². The van der Waals surface area contributed by atoms with Crippen LogP contribution in [0.5, 0.6) is 0 Å². The minimum Gasteiger partial charge on any atom is -0.392 e. The number of anilines is 2. The van der Waals surface area contributed by atoms with Gasteiger partial charge in [0, 0.05) is 11.8 Å². The summed E-state index contributed by atoms with van der Waals surface area (Å²) in [5, 5.41) is 12.6. The van der Waals surface area contributed by atoms with Crippen LogP contribution >= 0.6 is 0 Å². The van der Waals surface area contributed by atoms with Crippen LogP contribution in [0.3, 0.4) is 0 Å². The van der Waals surface area contributed by atoms with Crippen molar-refractivity contribution in [3.63, 3.8) is 0 Å². The van der Waals surface area contributed by atoms with E-state index in [4.69, 9.17) is 0 Å². The smallest absolute Gasteiger partial charge is 0.155 e. The zero-order valence-corrected chi connectivity index (χ0v) is 12.2. The number of nitrogens with one attached hydrogen (secondary N) is 1. The molecule has 0 bridgehead atoms. The summed E-state index contributed by atoms with van der Waals surface area (Å²) in [6, 6.07) is 16.0. The number of para-hydroxylation sites is 2. The van der Waals surface area contributed by atoms with E-state index in [1.165, 1.54) is 6.07 Å². The molecule has 0 aliphatic rings. The topological polar surface area (TPSA) is 49.6 Å². The van der Waals surface area contributed by atoms with Gasteiger partial charge in [-0.2, -0.15) is 0 Å². The van der Waals surface area contributed by atoms with Crippen molar-refractivity contribution in [3.8, 4) is 0 Å². The van der Waals surface area contributed by atoms with E-state index in [1.807, 2.05) is 40.9 Å². The first-order valence-corrected chi connectivity index (χ1v) is 7.29. The minimum atomic E-state index is -0.338. The SMILES string of the molecule is OCc1cccc2c1nc(Nc1ccccc1F)c1cccn12. The van der Waals surface area contributed by atoms with E-state index in [0.29, 0.717) is 17.0 Å². The first-order valence-electron chi connectivity index (χ1n) is 7.29. The Morgan fingerprint density at radius 3 is 2.65 bits per heavy atom. The average Bonchev–Trinajstić information content (AvgIpc) is 3.07. The van der Waals surface area contributed by atoms with Crippen molar-refractivity contribution in [1.29, 1.82) is 0 Å². The van der Waals surface area contributed by atoms with Crippen LogP contribution in [0.15, 0.2) is 60.8 Å². The molecular formula is C18H14FN3O. The normalized spacial score (nSPS) is 11.2. The summed E-state index contributed by atoms with van der Waals surface area (Å²) in [6.45, 7) is -0.101. The lowest BCUT2D eigenvalue weighted by molar-refractivity contribution is 0.283. The number of rotatable bonds is 3. The Kier molecular flexibility index (Phi) is 3.20. The molecule has 0 aliphatic carbocycles. The quantitative estimate of drug-likeness (QED) is 0.604. The van der Waals surface area contributed by atoms with Gasteiger partial charge in [0.25, 0.3) is 0 Å². The first kappa shape index (κ1) is 13.7. The fourth-order valence-corrected chi connectivity index (χ4v) is 2.76. The number of aliphatic hydroxyl groups is 1. The van der Waals surface area contributed by atoms with Gasteiger partial charge in [0.15, 0.2) is 5.82 Å². The van der Waals surface area contributed by atoms with E-state index in [2.05, 4.69) is 10.3 Å². The molecule has 0 saturated carbocycles. The monoisotopic (exact) mass is 307 g/mol. The van der Waals surface area contributed by atoms with Crippen molar-refractivity contribution in [2.75, 3.05) is 5.32 Å². The Balaban J connectivity index is 1.98. The zero-order chi connectivity index (χ0) is 15.8. The van der Waals surface area contributed by atoms with Crippen LogP contribution in [-0.2, 0) is 6.61 Å². The average molecular weight is 307 g/mol. The molecule has 0 aliphatic heterocycles. The molecule has 0 fully saturated rings. The number of aromatic nitrogens is 2. The Labute approximate surface area is 131 Å². The van der Waals surface area contributed by atoms with Crippen molar-refractivity contribution in [2.45, 2.75) is 6.61 Å². The van der Waals surface area contributed by atoms with Crippen LogP contribution in [0.25, 0.3) is 16.6 Å². The molecule has 0 spiro atoms. The van der Waals surface area contributed by atoms with E-state index >= 15 is 0 Å². The van der Waals surface area contributed by atoms with Gasteiger partial charge in [0.1, 0.15) is 5.82 Å². The molecule has 23 heavy (non-hydrogen) atoms. The van der Waals surface area contributed by atoms with Crippen molar-refractivity contribution in [1.82, 2.24) is 9.38 Å². The second-order valence-corrected chi connectivity index (χ2v) is 5.27. The maximum Gasteiger partial charge on any atom is 0.155 e. The largest absolute Gasteiger partial charge is 0.392 e. The summed E-state index contributed by atoms with van der Waals surface area (Å²) >= 11 is 0. The van der Waals surface area contributed by atoms with Crippen molar-refractivity contribution in [2.24, 2.45) is 0 Å². The van der Waals surface area contributed by atoms with E-state index < -0.39 is 0 Å². The van der Waals surface area contributed by atoms with Gasteiger partial charge in [0.2, 0.25) is 0 Å². The van der Waals surface area contributed by atoms with E-state index in [1.54, 1.807) is 18.2 Å². The number of nitrogens with zero attached hydrogens (tertiary/aromatic N) is 2. The summed E-state index contributed by atoms with van der Waals surface area (Å²) in [7, 11) is 0. The first-order chi connectivity index (χ1) is 11.3. The third kappa shape index (κ3) is 2.22. The van der Waals surface area contributed by atoms with Gasteiger partial charge in [-0.25, -0.2) is 9.37 Å². The minimum absolute atomic E-state index is 0.101. The molecule has 114 valence electrons. The van der Waals surface area contributed by atoms with Crippen molar-refractivity contribution in [3.05, 3.63) is 72.2 Å². The maximum atomic E-state index is 13.9. The van der Waals surface area contributed by atoms with E-state index in [9.17, 15) is 9.50 Å². The van der Waals surface area contributed by atoms with Gasteiger partial charge >= 0.3 is 0 Å². The molecule has 0 saturated heterocycles. The fourth-order valence-electron chi connectivity index (χ4n) is 2.76. The molecular weight excluding hydrogens is 293 g/mol. The molecule has 4 aromatic rings. The summed E-state index contributed by atoms with van der Waals surface area (Å²) in [6.07, 6.45) is 1.92. The highest BCUT2D eigenvalue weighted by Crippen LogP contribution is 2.27. The highest BCUT2D eigenvalue weighted by molar-refractivity contribution is 5.88. The Hall–Kier alpha value is -2.92. The number of benzene rings is 2. The number of halogens is 1. The number of fused-ring (bicyclic) bond motifs is 3. The summed E-state index contributed by atoms with van der Waals surface area (Å²) < 4.78 is 15.9. The molecule has 4 rings (SSSR count). The van der Waals surface area contributed by atoms with E-state index in [0.717, 1.165) is 16.6 Å². The number of aliphatic hydroxyl groups excluding tert-OH is 1. The molecule has 0 unspecified atom stereocenters. The highest BCUT2D eigenvalue weighted by atomic mass is 19.1. The third-order valence-electron chi connectivity index (χ3n) is 3.87. The summed E-state index contributed by atoms with van der Waals surface area (Å²) in [4.78, 5) is 4.62. The van der Waals surface area contributed by atoms with Crippen LogP contribution in [0.1, 0.15) is 5.56 Å². The van der Waals surface area contributed by atoms with Gasteiger partial charge < -0.3 is 14.8 Å². The predicted molar refractivity (Wildman–Crippen MR) is 88.3 cm³/mol. The molecule has 0 amide bonds. The van der Waals surface area contributed by atoms with Crippen LogP contribution in [0.2, 0.25) is 0 Å². The predicted octanol–water partition coefficient (Wildman–Crippen LogP) is 3.86. The molecule has 2 aromatic heterocycles. The Morgan fingerprint density at radius 2 is 1.83 bits per heavy atom. The molecule has 2 aromatic carbocycles. The van der Waals surface area contributed by atoms with Crippen LogP contribution in [0.4, 0.5) is 15.9 Å². The van der Waals surface area contributed by atoms with Crippen molar-refractivity contribution < 1.29 is 9.50 Å². The van der Waals surface area contributed by atoms with Gasteiger partial charge in [-0.05, 0) is 30.3 Å². The van der Waals surface area contributed by atoms with Crippen LogP contribution in [0, 0.1) is 5.82 Å². The lowest BCUT2D eigenvalue weighted by Crippen LogP contribution is -2.02. The lowest BCUT2D eigenvalue weighted by atomic mass is 10.2. The molecule has 4 nitrogen and oxygen atoms in total.